The van der Waals surface area contributed by atoms with Crippen LogP contribution in [0.25, 0.3) is 22.5 Å². The molecule has 0 aliphatic carbocycles. The molecular formula is C23H27N3S. The molecule has 0 amide bonds. The van der Waals surface area contributed by atoms with E-state index in [0.717, 1.165) is 34.4 Å². The normalized spacial score (nSPS) is 15.6. The first-order valence-corrected chi connectivity index (χ1v) is 10.9. The third-order valence-corrected chi connectivity index (χ3v) is 5.99. The predicted molar refractivity (Wildman–Crippen MR) is 115 cm³/mol. The maximum Gasteiger partial charge on any atom is 0.166 e. The van der Waals surface area contributed by atoms with Crippen LogP contribution in [-0.2, 0) is 0 Å². The number of thioether (sulfide) groups is 1. The molecule has 1 N–H and O–H groups in total. The molecule has 0 bridgehead atoms. The van der Waals surface area contributed by atoms with E-state index in [4.69, 9.17) is 4.98 Å². The van der Waals surface area contributed by atoms with E-state index in [9.17, 15) is 0 Å². The second-order valence-corrected chi connectivity index (χ2v) is 8.19. The van der Waals surface area contributed by atoms with Crippen molar-refractivity contribution in [3.8, 4) is 22.5 Å². The Kier molecular flexibility index (Phi) is 6.28. The summed E-state index contributed by atoms with van der Waals surface area (Å²) in [5, 5.41) is 1.02. The number of rotatable bonds is 6. The fourth-order valence-electron chi connectivity index (χ4n) is 3.67. The van der Waals surface area contributed by atoms with Crippen LogP contribution >= 0.6 is 11.8 Å². The number of hydrogen-bond acceptors (Lipinski definition) is 3. The van der Waals surface area contributed by atoms with E-state index < -0.39 is 0 Å². The van der Waals surface area contributed by atoms with Crippen molar-refractivity contribution in [1.82, 2.24) is 14.9 Å². The molecule has 1 aromatic heterocycles. The largest absolute Gasteiger partial charge is 0.332 e. The van der Waals surface area contributed by atoms with Gasteiger partial charge in [-0.05, 0) is 25.9 Å². The van der Waals surface area contributed by atoms with Crippen molar-refractivity contribution in [1.29, 1.82) is 0 Å². The zero-order valence-corrected chi connectivity index (χ0v) is 16.5. The molecule has 140 valence electrons. The van der Waals surface area contributed by atoms with Crippen LogP contribution in [0.1, 0.15) is 25.7 Å². The molecule has 1 aliphatic rings. The number of hydrogen-bond donors (Lipinski definition) is 1. The van der Waals surface area contributed by atoms with E-state index in [1.807, 2.05) is 11.8 Å². The average molecular weight is 378 g/mol. The summed E-state index contributed by atoms with van der Waals surface area (Å²) in [6.45, 7) is 3.65. The molecule has 0 unspecified atom stereocenters. The summed E-state index contributed by atoms with van der Waals surface area (Å²) in [6.07, 6.45) is 5.48. The minimum Gasteiger partial charge on any atom is -0.332 e. The number of imidazole rings is 1. The lowest BCUT2D eigenvalue weighted by Gasteiger charge is -2.18. The van der Waals surface area contributed by atoms with Crippen molar-refractivity contribution in [2.75, 3.05) is 25.4 Å². The Morgan fingerprint density at radius 3 is 2.11 bits per heavy atom. The molecule has 1 fully saturated rings. The Morgan fingerprint density at radius 1 is 0.815 bits per heavy atom. The quantitative estimate of drug-likeness (QED) is 0.558. The van der Waals surface area contributed by atoms with Crippen molar-refractivity contribution in [3.05, 3.63) is 60.7 Å². The van der Waals surface area contributed by atoms with Gasteiger partial charge >= 0.3 is 0 Å². The first-order valence-electron chi connectivity index (χ1n) is 9.96. The lowest BCUT2D eigenvalue weighted by Crippen LogP contribution is -2.27. The van der Waals surface area contributed by atoms with E-state index in [1.165, 1.54) is 44.3 Å². The van der Waals surface area contributed by atoms with Crippen LogP contribution in [0.5, 0.6) is 0 Å². The Labute approximate surface area is 166 Å². The fraction of sp³-hybridized carbons (Fsp3) is 0.348. The molecular weight excluding hydrogens is 350 g/mol. The van der Waals surface area contributed by atoms with Crippen molar-refractivity contribution in [2.45, 2.75) is 30.8 Å². The lowest BCUT2D eigenvalue weighted by molar-refractivity contribution is 0.303. The van der Waals surface area contributed by atoms with E-state index in [1.54, 1.807) is 0 Å². The number of aromatic amines is 1. The number of nitrogens with zero attached hydrogens (tertiary/aromatic N) is 2. The van der Waals surface area contributed by atoms with Gasteiger partial charge < -0.3 is 9.88 Å². The van der Waals surface area contributed by atoms with Crippen LogP contribution < -0.4 is 0 Å². The first-order chi connectivity index (χ1) is 13.4. The predicted octanol–water partition coefficient (Wildman–Crippen LogP) is 5.71. The molecule has 1 aliphatic heterocycles. The summed E-state index contributed by atoms with van der Waals surface area (Å²) in [4.78, 5) is 11.1. The van der Waals surface area contributed by atoms with Crippen molar-refractivity contribution < 1.29 is 0 Å². The topological polar surface area (TPSA) is 31.9 Å². The summed E-state index contributed by atoms with van der Waals surface area (Å²) >= 11 is 1.84. The molecule has 4 rings (SSSR count). The van der Waals surface area contributed by atoms with E-state index in [-0.39, 0.29) is 0 Å². The van der Waals surface area contributed by atoms with Crippen LogP contribution in [0.15, 0.2) is 65.8 Å². The van der Waals surface area contributed by atoms with Gasteiger partial charge in [-0.1, -0.05) is 85.3 Å². The van der Waals surface area contributed by atoms with E-state index in [2.05, 4.69) is 70.5 Å². The van der Waals surface area contributed by atoms with Gasteiger partial charge in [0.05, 0.1) is 11.4 Å². The smallest absolute Gasteiger partial charge is 0.166 e. The van der Waals surface area contributed by atoms with Crippen LogP contribution in [0.2, 0.25) is 0 Å². The van der Waals surface area contributed by atoms with Gasteiger partial charge in [0.2, 0.25) is 0 Å². The summed E-state index contributed by atoms with van der Waals surface area (Å²) in [5.41, 5.74) is 4.49. The molecule has 1 saturated heterocycles. The maximum absolute atomic E-state index is 4.95. The first kappa shape index (κ1) is 18.3. The molecule has 3 nitrogen and oxygen atoms in total. The SMILES string of the molecule is c1ccc(-c2nc(SCCN3CCCCCC3)[nH]c2-c2ccccc2)cc1. The zero-order chi connectivity index (χ0) is 18.3. The van der Waals surface area contributed by atoms with Crippen LogP contribution in [-0.4, -0.2) is 40.3 Å². The number of nitrogens with one attached hydrogen (secondary N) is 1. The molecule has 27 heavy (non-hydrogen) atoms. The molecule has 0 saturated carbocycles. The Balaban J connectivity index is 1.51. The number of benzene rings is 2. The molecule has 3 aromatic rings. The van der Waals surface area contributed by atoms with Crippen LogP contribution in [0.4, 0.5) is 0 Å². The molecule has 2 heterocycles. The summed E-state index contributed by atoms with van der Waals surface area (Å²) in [6, 6.07) is 21.0. The van der Waals surface area contributed by atoms with E-state index in [0.29, 0.717) is 0 Å². The minimum atomic E-state index is 1.02. The van der Waals surface area contributed by atoms with Gasteiger partial charge in [-0.3, -0.25) is 0 Å². The maximum atomic E-state index is 4.95. The summed E-state index contributed by atoms with van der Waals surface area (Å²) < 4.78 is 0. The average Bonchev–Trinajstić information content (AvgIpc) is 2.98. The van der Waals surface area contributed by atoms with Gasteiger partial charge in [0.15, 0.2) is 5.16 Å². The standard InChI is InChI=1S/C23H27N3S/c1-2-10-16-26(15-9-1)17-18-27-23-24-21(19-11-5-3-6-12-19)22(25-23)20-13-7-4-8-14-20/h3-8,11-14H,1-2,9-10,15-18H2,(H,24,25). The Hall–Kier alpha value is -2.04. The molecule has 0 atom stereocenters. The third-order valence-electron chi connectivity index (χ3n) is 5.14. The highest BCUT2D eigenvalue weighted by Crippen LogP contribution is 2.32. The van der Waals surface area contributed by atoms with E-state index >= 15 is 0 Å². The van der Waals surface area contributed by atoms with Gasteiger partial charge in [0, 0.05) is 23.4 Å². The van der Waals surface area contributed by atoms with Crippen LogP contribution in [0, 0.1) is 0 Å². The fourth-order valence-corrected chi connectivity index (χ4v) is 4.54. The van der Waals surface area contributed by atoms with Crippen LogP contribution in [0.3, 0.4) is 0 Å². The van der Waals surface area contributed by atoms with Crippen molar-refractivity contribution in [3.63, 3.8) is 0 Å². The Bertz CT molecular complexity index is 764. The Morgan fingerprint density at radius 2 is 1.44 bits per heavy atom. The molecule has 4 heteroatoms. The number of H-pyrrole nitrogens is 1. The summed E-state index contributed by atoms with van der Waals surface area (Å²) in [7, 11) is 0. The molecule has 0 radical (unpaired) electrons. The highest BCUT2D eigenvalue weighted by atomic mass is 32.2. The van der Waals surface area contributed by atoms with Gasteiger partial charge in [0.1, 0.15) is 0 Å². The highest BCUT2D eigenvalue weighted by molar-refractivity contribution is 7.99. The van der Waals surface area contributed by atoms with Crippen molar-refractivity contribution in [2.24, 2.45) is 0 Å². The molecule has 0 spiro atoms. The van der Waals surface area contributed by atoms with Gasteiger partial charge in [-0.25, -0.2) is 4.98 Å². The summed E-state index contributed by atoms with van der Waals surface area (Å²) in [5.74, 6) is 1.08. The van der Waals surface area contributed by atoms with Gasteiger partial charge in [0.25, 0.3) is 0 Å². The zero-order valence-electron chi connectivity index (χ0n) is 15.7. The minimum absolute atomic E-state index is 1.02. The lowest BCUT2D eigenvalue weighted by atomic mass is 10.1. The monoisotopic (exact) mass is 377 g/mol. The molecule has 2 aromatic carbocycles. The second-order valence-electron chi connectivity index (χ2n) is 7.10. The highest BCUT2D eigenvalue weighted by Gasteiger charge is 2.15. The number of likely N-dealkylation sites (tertiary alicyclic amines) is 1. The van der Waals surface area contributed by atoms with Gasteiger partial charge in [-0.15, -0.1) is 0 Å². The third kappa shape index (κ3) is 4.82. The second kappa shape index (κ2) is 9.25. The van der Waals surface area contributed by atoms with Crippen molar-refractivity contribution >= 4 is 11.8 Å². The van der Waals surface area contributed by atoms with Gasteiger partial charge in [-0.2, -0.15) is 0 Å². The number of aromatic nitrogens is 2.